The SMILES string of the molecule is Nc1ncccc1OCc1sccc1Br. The van der Waals surface area contributed by atoms with E-state index in [0.717, 1.165) is 9.35 Å². The monoisotopic (exact) mass is 284 g/mol. The Morgan fingerprint density at radius 3 is 3.00 bits per heavy atom. The molecule has 0 aromatic carbocycles. The van der Waals surface area contributed by atoms with Crippen LogP contribution in [-0.4, -0.2) is 4.98 Å². The highest BCUT2D eigenvalue weighted by Crippen LogP contribution is 2.25. The molecule has 0 bridgehead atoms. The molecule has 3 nitrogen and oxygen atoms in total. The van der Waals surface area contributed by atoms with E-state index in [9.17, 15) is 0 Å². The summed E-state index contributed by atoms with van der Waals surface area (Å²) in [7, 11) is 0. The van der Waals surface area contributed by atoms with Gasteiger partial charge in [-0.3, -0.25) is 0 Å². The van der Waals surface area contributed by atoms with Crippen molar-refractivity contribution >= 4 is 33.1 Å². The van der Waals surface area contributed by atoms with Gasteiger partial charge >= 0.3 is 0 Å². The molecule has 2 aromatic rings. The van der Waals surface area contributed by atoms with Gasteiger partial charge in [0.1, 0.15) is 6.61 Å². The van der Waals surface area contributed by atoms with Gasteiger partial charge in [-0.1, -0.05) is 0 Å². The van der Waals surface area contributed by atoms with Crippen LogP contribution in [0, 0.1) is 0 Å². The number of rotatable bonds is 3. The van der Waals surface area contributed by atoms with Crippen LogP contribution in [0.4, 0.5) is 5.82 Å². The first-order valence-electron chi connectivity index (χ1n) is 4.32. The summed E-state index contributed by atoms with van der Waals surface area (Å²) in [5.41, 5.74) is 5.65. The van der Waals surface area contributed by atoms with E-state index in [2.05, 4.69) is 20.9 Å². The summed E-state index contributed by atoms with van der Waals surface area (Å²) >= 11 is 5.08. The molecule has 0 aliphatic carbocycles. The van der Waals surface area contributed by atoms with Crippen LogP contribution < -0.4 is 10.5 Å². The number of aromatic nitrogens is 1. The van der Waals surface area contributed by atoms with Crippen LogP contribution in [0.25, 0.3) is 0 Å². The molecule has 78 valence electrons. The molecule has 5 heteroatoms. The Labute approximate surface area is 100 Å². The Balaban J connectivity index is 2.06. The minimum Gasteiger partial charge on any atom is -0.484 e. The number of nitrogen functional groups attached to an aromatic ring is 1. The van der Waals surface area contributed by atoms with Crippen molar-refractivity contribution in [2.45, 2.75) is 6.61 Å². The molecular weight excluding hydrogens is 276 g/mol. The highest BCUT2D eigenvalue weighted by Gasteiger charge is 2.04. The summed E-state index contributed by atoms with van der Waals surface area (Å²) < 4.78 is 6.62. The second-order valence-corrected chi connectivity index (χ2v) is 4.72. The number of thiophene rings is 1. The lowest BCUT2D eigenvalue weighted by molar-refractivity contribution is 0.310. The zero-order valence-corrected chi connectivity index (χ0v) is 10.2. The van der Waals surface area contributed by atoms with Gasteiger partial charge in [-0.25, -0.2) is 4.98 Å². The Hall–Kier alpha value is -1.07. The maximum Gasteiger partial charge on any atom is 0.166 e. The highest BCUT2D eigenvalue weighted by molar-refractivity contribution is 9.10. The molecular formula is C10H9BrN2OS. The molecule has 2 rings (SSSR count). The van der Waals surface area contributed by atoms with Crippen molar-refractivity contribution in [1.82, 2.24) is 4.98 Å². The summed E-state index contributed by atoms with van der Waals surface area (Å²) in [5.74, 6) is 1.04. The van der Waals surface area contributed by atoms with Crippen LogP contribution in [-0.2, 0) is 6.61 Å². The van der Waals surface area contributed by atoms with Crippen LogP contribution in [0.3, 0.4) is 0 Å². The average molecular weight is 285 g/mol. The van der Waals surface area contributed by atoms with Crippen molar-refractivity contribution in [3.8, 4) is 5.75 Å². The molecule has 2 aromatic heterocycles. The molecule has 0 spiro atoms. The molecule has 2 heterocycles. The Morgan fingerprint density at radius 1 is 1.47 bits per heavy atom. The molecule has 0 aliphatic rings. The number of halogens is 1. The molecule has 0 radical (unpaired) electrons. The fourth-order valence-corrected chi connectivity index (χ4v) is 2.47. The second-order valence-electron chi connectivity index (χ2n) is 2.87. The number of anilines is 1. The predicted molar refractivity (Wildman–Crippen MR) is 65.0 cm³/mol. The fourth-order valence-electron chi connectivity index (χ4n) is 1.10. The maximum atomic E-state index is 5.65. The normalized spacial score (nSPS) is 10.2. The first kappa shape index (κ1) is 10.4. The van der Waals surface area contributed by atoms with Crippen molar-refractivity contribution in [2.24, 2.45) is 0 Å². The zero-order chi connectivity index (χ0) is 10.7. The molecule has 2 N–H and O–H groups in total. The van der Waals surface area contributed by atoms with Crippen LogP contribution >= 0.6 is 27.3 Å². The van der Waals surface area contributed by atoms with Crippen molar-refractivity contribution in [1.29, 1.82) is 0 Å². The smallest absolute Gasteiger partial charge is 0.166 e. The van der Waals surface area contributed by atoms with Gasteiger partial charge in [0.2, 0.25) is 0 Å². The minimum absolute atomic E-state index is 0.421. The van der Waals surface area contributed by atoms with Crippen LogP contribution in [0.1, 0.15) is 4.88 Å². The minimum atomic E-state index is 0.421. The van der Waals surface area contributed by atoms with E-state index in [-0.39, 0.29) is 0 Å². The predicted octanol–water partition coefficient (Wildman–Crippen LogP) is 3.07. The van der Waals surface area contributed by atoms with Gasteiger partial charge in [-0.05, 0) is 39.5 Å². The summed E-state index contributed by atoms with van der Waals surface area (Å²) in [4.78, 5) is 5.08. The Morgan fingerprint density at radius 2 is 2.33 bits per heavy atom. The van der Waals surface area contributed by atoms with Gasteiger partial charge in [-0.2, -0.15) is 0 Å². The Kier molecular flexibility index (Phi) is 3.23. The average Bonchev–Trinajstić information content (AvgIpc) is 2.63. The van der Waals surface area contributed by atoms with Gasteiger partial charge < -0.3 is 10.5 Å². The van der Waals surface area contributed by atoms with Crippen LogP contribution in [0.2, 0.25) is 0 Å². The number of nitrogens with zero attached hydrogens (tertiary/aromatic N) is 1. The number of hydrogen-bond donors (Lipinski definition) is 1. The van der Waals surface area contributed by atoms with E-state index in [1.807, 2.05) is 17.5 Å². The standard InChI is InChI=1S/C10H9BrN2OS/c11-7-3-5-15-9(7)6-14-8-2-1-4-13-10(8)12/h1-5H,6H2,(H2,12,13). The summed E-state index contributed by atoms with van der Waals surface area (Å²) in [6, 6.07) is 5.61. The summed E-state index contributed by atoms with van der Waals surface area (Å²) in [6.45, 7) is 0.508. The van der Waals surface area contributed by atoms with Crippen molar-refractivity contribution in [3.63, 3.8) is 0 Å². The molecule has 0 aliphatic heterocycles. The van der Waals surface area contributed by atoms with Gasteiger partial charge in [0.05, 0.1) is 4.88 Å². The second kappa shape index (κ2) is 4.63. The topological polar surface area (TPSA) is 48.1 Å². The third-order valence-corrected chi connectivity index (χ3v) is 3.75. The fraction of sp³-hybridized carbons (Fsp3) is 0.100. The third kappa shape index (κ3) is 2.49. The largest absolute Gasteiger partial charge is 0.484 e. The molecule has 0 amide bonds. The first-order chi connectivity index (χ1) is 7.27. The summed E-state index contributed by atoms with van der Waals surface area (Å²) in [5, 5.41) is 2.01. The van der Waals surface area contributed by atoms with E-state index in [0.29, 0.717) is 18.2 Å². The molecule has 0 saturated carbocycles. The Bertz CT molecular complexity index is 458. The van der Waals surface area contributed by atoms with E-state index >= 15 is 0 Å². The van der Waals surface area contributed by atoms with E-state index in [1.165, 1.54) is 0 Å². The number of pyridine rings is 1. The molecule has 0 unspecified atom stereocenters. The zero-order valence-electron chi connectivity index (χ0n) is 7.81. The van der Waals surface area contributed by atoms with Crippen molar-refractivity contribution in [3.05, 3.63) is 39.1 Å². The maximum absolute atomic E-state index is 5.65. The number of nitrogens with two attached hydrogens (primary N) is 1. The van der Waals surface area contributed by atoms with E-state index in [1.54, 1.807) is 23.6 Å². The lowest BCUT2D eigenvalue weighted by atomic mass is 10.4. The number of ether oxygens (including phenoxy) is 1. The summed E-state index contributed by atoms with van der Waals surface area (Å²) in [6.07, 6.45) is 1.64. The van der Waals surface area contributed by atoms with Crippen LogP contribution in [0.5, 0.6) is 5.75 Å². The van der Waals surface area contributed by atoms with Crippen molar-refractivity contribution in [2.75, 3.05) is 5.73 Å². The first-order valence-corrected chi connectivity index (χ1v) is 6.00. The lowest BCUT2D eigenvalue weighted by Gasteiger charge is -2.06. The van der Waals surface area contributed by atoms with Gasteiger partial charge in [-0.15, -0.1) is 11.3 Å². The highest BCUT2D eigenvalue weighted by atomic mass is 79.9. The van der Waals surface area contributed by atoms with Crippen LogP contribution in [0.15, 0.2) is 34.2 Å². The third-order valence-electron chi connectivity index (χ3n) is 1.85. The number of hydrogen-bond acceptors (Lipinski definition) is 4. The molecule has 0 atom stereocenters. The lowest BCUT2D eigenvalue weighted by Crippen LogP contribution is -1.98. The van der Waals surface area contributed by atoms with E-state index in [4.69, 9.17) is 10.5 Å². The molecule has 0 saturated heterocycles. The van der Waals surface area contributed by atoms with Gasteiger partial charge in [0, 0.05) is 10.7 Å². The molecule has 15 heavy (non-hydrogen) atoms. The molecule has 0 fully saturated rings. The quantitative estimate of drug-likeness (QED) is 0.942. The van der Waals surface area contributed by atoms with E-state index < -0.39 is 0 Å². The van der Waals surface area contributed by atoms with Crippen molar-refractivity contribution < 1.29 is 4.74 Å². The van der Waals surface area contributed by atoms with Gasteiger partial charge in [0.15, 0.2) is 11.6 Å². The van der Waals surface area contributed by atoms with Gasteiger partial charge in [0.25, 0.3) is 0 Å².